The van der Waals surface area contributed by atoms with Crippen LogP contribution in [0.5, 0.6) is 0 Å². The van der Waals surface area contributed by atoms with E-state index in [2.05, 4.69) is 41.5 Å². The van der Waals surface area contributed by atoms with Crippen molar-refractivity contribution in [3.8, 4) is 0 Å². The molecule has 100 valence electrons. The van der Waals surface area contributed by atoms with Gasteiger partial charge in [-0.1, -0.05) is 18.2 Å². The summed E-state index contributed by atoms with van der Waals surface area (Å²) in [5.74, 6) is 0.642. The average Bonchev–Trinajstić information content (AvgIpc) is 3.05. The van der Waals surface area contributed by atoms with Crippen LogP contribution in [0.25, 0.3) is 0 Å². The molecule has 3 heteroatoms. The second-order valence-electron chi connectivity index (χ2n) is 5.32. The number of hydrogen-bond donors (Lipinski definition) is 1. The zero-order valence-electron chi connectivity index (χ0n) is 11.3. The highest BCUT2D eigenvalue weighted by atomic mass is 16.3. The normalized spacial score (nSPS) is 17.5. The van der Waals surface area contributed by atoms with Gasteiger partial charge in [0.15, 0.2) is 0 Å². The van der Waals surface area contributed by atoms with E-state index in [9.17, 15) is 0 Å². The SMILES string of the molecule is CN(CCC1CNc2ccccc21)Cc1ccoc1. The molecule has 0 spiro atoms. The van der Waals surface area contributed by atoms with E-state index in [0.29, 0.717) is 5.92 Å². The maximum atomic E-state index is 5.10. The molecule has 2 heterocycles. The molecule has 0 saturated carbocycles. The number of nitrogens with zero attached hydrogens (tertiary/aromatic N) is 1. The minimum atomic E-state index is 0.642. The van der Waals surface area contributed by atoms with Crippen molar-refractivity contribution < 1.29 is 4.42 Å². The smallest absolute Gasteiger partial charge is 0.0947 e. The first-order chi connectivity index (χ1) is 9.33. The first-order valence-corrected chi connectivity index (χ1v) is 6.85. The lowest BCUT2D eigenvalue weighted by Gasteiger charge is -2.18. The lowest BCUT2D eigenvalue weighted by atomic mass is 9.98. The summed E-state index contributed by atoms with van der Waals surface area (Å²) in [5, 5.41) is 3.49. The molecular weight excluding hydrogens is 236 g/mol. The molecule has 0 bridgehead atoms. The molecule has 3 nitrogen and oxygen atoms in total. The van der Waals surface area contributed by atoms with E-state index in [1.165, 1.54) is 23.2 Å². The zero-order chi connectivity index (χ0) is 13.1. The summed E-state index contributed by atoms with van der Waals surface area (Å²) in [6.45, 7) is 3.13. The van der Waals surface area contributed by atoms with Crippen LogP contribution in [0.2, 0.25) is 0 Å². The van der Waals surface area contributed by atoms with Gasteiger partial charge in [0.2, 0.25) is 0 Å². The second-order valence-corrected chi connectivity index (χ2v) is 5.32. The van der Waals surface area contributed by atoms with Gasteiger partial charge in [0.05, 0.1) is 12.5 Å². The Morgan fingerprint density at radius 1 is 1.32 bits per heavy atom. The number of hydrogen-bond acceptors (Lipinski definition) is 3. The summed E-state index contributed by atoms with van der Waals surface area (Å²) < 4.78 is 5.10. The van der Waals surface area contributed by atoms with Crippen LogP contribution in [-0.2, 0) is 6.54 Å². The molecule has 0 saturated heterocycles. The molecule has 2 aromatic rings. The van der Waals surface area contributed by atoms with Crippen molar-refractivity contribution in [3.63, 3.8) is 0 Å². The molecule has 0 fully saturated rings. The summed E-state index contributed by atoms with van der Waals surface area (Å²) in [7, 11) is 2.17. The fourth-order valence-electron chi connectivity index (χ4n) is 2.76. The van der Waals surface area contributed by atoms with E-state index < -0.39 is 0 Å². The van der Waals surface area contributed by atoms with Gasteiger partial charge in [0, 0.05) is 30.3 Å². The molecular formula is C16H20N2O. The van der Waals surface area contributed by atoms with Crippen LogP contribution in [0.1, 0.15) is 23.5 Å². The minimum Gasteiger partial charge on any atom is -0.472 e. The van der Waals surface area contributed by atoms with Gasteiger partial charge in [-0.2, -0.15) is 0 Å². The van der Waals surface area contributed by atoms with Gasteiger partial charge >= 0.3 is 0 Å². The lowest BCUT2D eigenvalue weighted by Crippen LogP contribution is -2.21. The van der Waals surface area contributed by atoms with Crippen LogP contribution in [0, 0.1) is 0 Å². The van der Waals surface area contributed by atoms with Crippen molar-refractivity contribution in [2.75, 3.05) is 25.5 Å². The average molecular weight is 256 g/mol. The van der Waals surface area contributed by atoms with Gasteiger partial charge in [-0.25, -0.2) is 0 Å². The van der Waals surface area contributed by atoms with Gasteiger partial charge in [-0.3, -0.25) is 0 Å². The number of rotatable bonds is 5. The first kappa shape index (κ1) is 12.3. The number of nitrogens with one attached hydrogen (secondary N) is 1. The van der Waals surface area contributed by atoms with Gasteiger partial charge in [-0.15, -0.1) is 0 Å². The maximum absolute atomic E-state index is 5.10. The zero-order valence-corrected chi connectivity index (χ0v) is 11.3. The summed E-state index contributed by atoms with van der Waals surface area (Å²) in [5.41, 5.74) is 4.02. The van der Waals surface area contributed by atoms with E-state index in [-0.39, 0.29) is 0 Å². The highest BCUT2D eigenvalue weighted by Gasteiger charge is 2.21. The number of fused-ring (bicyclic) bond motifs is 1. The molecule has 19 heavy (non-hydrogen) atoms. The van der Waals surface area contributed by atoms with Crippen molar-refractivity contribution in [1.82, 2.24) is 4.90 Å². The standard InChI is InChI=1S/C16H20N2O/c1-18(11-13-7-9-19-12-13)8-6-14-10-17-16-5-3-2-4-15(14)16/h2-5,7,9,12,14,17H,6,8,10-11H2,1H3. The Bertz CT molecular complexity index is 521. The number of furan rings is 1. The fourth-order valence-corrected chi connectivity index (χ4v) is 2.76. The molecule has 1 aliphatic rings. The van der Waals surface area contributed by atoms with E-state index in [1.54, 1.807) is 6.26 Å². The predicted molar refractivity (Wildman–Crippen MR) is 77.3 cm³/mol. The fraction of sp³-hybridized carbons (Fsp3) is 0.375. The molecule has 0 aliphatic carbocycles. The summed E-state index contributed by atoms with van der Waals surface area (Å²) in [6, 6.07) is 10.7. The van der Waals surface area contributed by atoms with Crippen LogP contribution in [-0.4, -0.2) is 25.0 Å². The largest absolute Gasteiger partial charge is 0.472 e. The molecule has 3 rings (SSSR count). The minimum absolute atomic E-state index is 0.642. The summed E-state index contributed by atoms with van der Waals surface area (Å²) >= 11 is 0. The van der Waals surface area contributed by atoms with E-state index in [4.69, 9.17) is 4.42 Å². The van der Waals surface area contributed by atoms with Crippen LogP contribution in [0.4, 0.5) is 5.69 Å². The lowest BCUT2D eigenvalue weighted by molar-refractivity contribution is 0.312. The van der Waals surface area contributed by atoms with E-state index in [1.807, 2.05) is 12.3 Å². The van der Waals surface area contributed by atoms with Crippen molar-refractivity contribution >= 4 is 5.69 Å². The third kappa shape index (κ3) is 2.82. The highest BCUT2D eigenvalue weighted by molar-refractivity contribution is 5.57. The molecule has 0 radical (unpaired) electrons. The molecule has 1 aliphatic heterocycles. The van der Waals surface area contributed by atoms with E-state index in [0.717, 1.165) is 19.6 Å². The van der Waals surface area contributed by atoms with Gasteiger partial charge in [0.25, 0.3) is 0 Å². The molecule has 1 N–H and O–H groups in total. The number of benzene rings is 1. The van der Waals surface area contributed by atoms with Crippen molar-refractivity contribution in [3.05, 3.63) is 54.0 Å². The van der Waals surface area contributed by atoms with Crippen LogP contribution in [0.15, 0.2) is 47.3 Å². The van der Waals surface area contributed by atoms with Crippen LogP contribution in [0.3, 0.4) is 0 Å². The van der Waals surface area contributed by atoms with Gasteiger partial charge in [-0.05, 0) is 37.7 Å². The molecule has 0 amide bonds. The number of para-hydroxylation sites is 1. The van der Waals surface area contributed by atoms with Crippen molar-refractivity contribution in [2.45, 2.75) is 18.9 Å². The van der Waals surface area contributed by atoms with Gasteiger partial charge < -0.3 is 14.6 Å². The third-order valence-electron chi connectivity index (χ3n) is 3.83. The van der Waals surface area contributed by atoms with Crippen LogP contribution >= 0.6 is 0 Å². The Morgan fingerprint density at radius 3 is 3.05 bits per heavy atom. The van der Waals surface area contributed by atoms with Crippen molar-refractivity contribution in [2.24, 2.45) is 0 Å². The van der Waals surface area contributed by atoms with Gasteiger partial charge in [0.1, 0.15) is 0 Å². The molecule has 1 unspecified atom stereocenters. The number of anilines is 1. The highest BCUT2D eigenvalue weighted by Crippen LogP contribution is 2.33. The van der Waals surface area contributed by atoms with Crippen LogP contribution < -0.4 is 5.32 Å². The predicted octanol–water partition coefficient (Wildman–Crippen LogP) is 3.31. The Balaban J connectivity index is 1.53. The third-order valence-corrected chi connectivity index (χ3v) is 3.83. The summed E-state index contributed by atoms with van der Waals surface area (Å²) in [4.78, 5) is 2.35. The van der Waals surface area contributed by atoms with Crippen molar-refractivity contribution in [1.29, 1.82) is 0 Å². The first-order valence-electron chi connectivity index (χ1n) is 6.85. The molecule has 1 atom stereocenters. The Labute approximate surface area is 114 Å². The quantitative estimate of drug-likeness (QED) is 0.889. The Morgan fingerprint density at radius 2 is 2.21 bits per heavy atom. The summed E-state index contributed by atoms with van der Waals surface area (Å²) in [6.07, 6.45) is 4.75. The molecule has 1 aromatic carbocycles. The van der Waals surface area contributed by atoms with E-state index >= 15 is 0 Å². The Hall–Kier alpha value is -1.74. The monoisotopic (exact) mass is 256 g/mol. The molecule has 1 aromatic heterocycles. The second kappa shape index (κ2) is 5.49. The maximum Gasteiger partial charge on any atom is 0.0947 e. The Kier molecular flexibility index (Phi) is 3.56. The topological polar surface area (TPSA) is 28.4 Å².